The van der Waals surface area contributed by atoms with Gasteiger partial charge in [0.25, 0.3) is 0 Å². The molecule has 0 spiro atoms. The van der Waals surface area contributed by atoms with Gasteiger partial charge in [0.05, 0.1) is 0 Å². The molecule has 0 fully saturated rings. The molecule has 62 valence electrons. The maximum atomic E-state index is 10.9. The molecule has 0 bridgehead atoms. The second kappa shape index (κ2) is 4.09. The molecule has 0 aliphatic heterocycles. The fraction of sp³-hybridized carbons (Fsp3) is 1.00. The SMILES string of the molecule is CCCN(C)P(=O)(O)OC. The highest BCUT2D eigenvalue weighted by Gasteiger charge is 2.22. The highest BCUT2D eigenvalue weighted by Crippen LogP contribution is 2.43. The van der Waals surface area contributed by atoms with Gasteiger partial charge in [0.15, 0.2) is 0 Å². The van der Waals surface area contributed by atoms with Crippen LogP contribution in [0.4, 0.5) is 0 Å². The molecule has 0 radical (unpaired) electrons. The lowest BCUT2D eigenvalue weighted by Crippen LogP contribution is -2.16. The molecular formula is C5H14NO3P. The zero-order chi connectivity index (χ0) is 8.20. The number of hydrogen-bond acceptors (Lipinski definition) is 2. The summed E-state index contributed by atoms with van der Waals surface area (Å²) in [5.41, 5.74) is 0. The summed E-state index contributed by atoms with van der Waals surface area (Å²) in [6.45, 7) is 2.51. The molecule has 0 aliphatic rings. The van der Waals surface area contributed by atoms with E-state index in [1.165, 1.54) is 11.8 Å². The van der Waals surface area contributed by atoms with Gasteiger partial charge < -0.3 is 9.42 Å². The van der Waals surface area contributed by atoms with Crippen molar-refractivity contribution in [3.8, 4) is 0 Å². The van der Waals surface area contributed by atoms with E-state index in [-0.39, 0.29) is 0 Å². The molecule has 10 heavy (non-hydrogen) atoms. The molecule has 0 aromatic heterocycles. The van der Waals surface area contributed by atoms with Gasteiger partial charge in [-0.05, 0) is 13.5 Å². The third-order valence-corrected chi connectivity index (χ3v) is 2.76. The number of rotatable bonds is 4. The summed E-state index contributed by atoms with van der Waals surface area (Å²) in [7, 11) is -0.655. The molecule has 0 rings (SSSR count). The Hall–Kier alpha value is 0.110. The third-order valence-electron chi connectivity index (χ3n) is 1.22. The van der Waals surface area contributed by atoms with E-state index in [4.69, 9.17) is 4.89 Å². The van der Waals surface area contributed by atoms with E-state index in [0.29, 0.717) is 6.54 Å². The fourth-order valence-electron chi connectivity index (χ4n) is 0.589. The average Bonchev–Trinajstić information content (AvgIpc) is 1.89. The Morgan fingerprint density at radius 1 is 1.70 bits per heavy atom. The van der Waals surface area contributed by atoms with Crippen LogP contribution in [0.3, 0.4) is 0 Å². The molecule has 0 amide bonds. The number of nitrogens with zero attached hydrogens (tertiary/aromatic N) is 1. The summed E-state index contributed by atoms with van der Waals surface area (Å²) in [6, 6.07) is 0. The Balaban J connectivity index is 3.91. The van der Waals surface area contributed by atoms with Crippen LogP contribution in [0.15, 0.2) is 0 Å². The van der Waals surface area contributed by atoms with Gasteiger partial charge >= 0.3 is 7.75 Å². The van der Waals surface area contributed by atoms with Crippen LogP contribution in [0.5, 0.6) is 0 Å². The first kappa shape index (κ1) is 10.1. The van der Waals surface area contributed by atoms with Crippen molar-refractivity contribution in [1.82, 2.24) is 4.67 Å². The van der Waals surface area contributed by atoms with Gasteiger partial charge in [-0.15, -0.1) is 0 Å². The topological polar surface area (TPSA) is 49.8 Å². The fourth-order valence-corrected chi connectivity index (χ4v) is 1.32. The van der Waals surface area contributed by atoms with Gasteiger partial charge in [0.1, 0.15) is 0 Å². The molecule has 4 nitrogen and oxygen atoms in total. The van der Waals surface area contributed by atoms with E-state index < -0.39 is 7.75 Å². The van der Waals surface area contributed by atoms with Crippen molar-refractivity contribution >= 4 is 7.75 Å². The van der Waals surface area contributed by atoms with E-state index in [1.54, 1.807) is 7.05 Å². The predicted molar refractivity (Wildman–Crippen MR) is 39.8 cm³/mol. The monoisotopic (exact) mass is 167 g/mol. The molecule has 0 aromatic carbocycles. The van der Waals surface area contributed by atoms with Gasteiger partial charge in [0.2, 0.25) is 0 Å². The molecule has 0 saturated heterocycles. The second-order valence-corrected chi connectivity index (χ2v) is 4.08. The van der Waals surface area contributed by atoms with E-state index in [9.17, 15) is 4.57 Å². The predicted octanol–water partition coefficient (Wildman–Crippen LogP) is 1.07. The van der Waals surface area contributed by atoms with Crippen molar-refractivity contribution in [1.29, 1.82) is 0 Å². The standard InChI is InChI=1S/C5H14NO3P/c1-4-5-6(2)10(7,8)9-3/h4-5H2,1-3H3,(H,7,8). The van der Waals surface area contributed by atoms with Crippen molar-refractivity contribution < 1.29 is 14.0 Å². The Bertz CT molecular complexity index is 139. The molecule has 1 N–H and O–H groups in total. The normalized spacial score (nSPS) is 17.3. The molecular weight excluding hydrogens is 153 g/mol. The molecule has 1 atom stereocenters. The lowest BCUT2D eigenvalue weighted by atomic mass is 10.5. The van der Waals surface area contributed by atoms with Crippen LogP contribution in [0.1, 0.15) is 13.3 Å². The molecule has 0 saturated carbocycles. The summed E-state index contributed by atoms with van der Waals surface area (Å²) in [4.78, 5) is 8.98. The maximum Gasteiger partial charge on any atom is 0.405 e. The Kier molecular flexibility index (Phi) is 4.13. The van der Waals surface area contributed by atoms with Crippen molar-refractivity contribution in [3.63, 3.8) is 0 Å². The largest absolute Gasteiger partial charge is 0.405 e. The first-order valence-corrected chi connectivity index (χ1v) is 4.67. The average molecular weight is 167 g/mol. The second-order valence-electron chi connectivity index (χ2n) is 2.05. The summed E-state index contributed by atoms with van der Waals surface area (Å²) in [5.74, 6) is 0. The van der Waals surface area contributed by atoms with E-state index >= 15 is 0 Å². The first-order valence-electron chi connectivity index (χ1n) is 3.14. The summed E-state index contributed by atoms with van der Waals surface area (Å²) in [5, 5.41) is 0. The zero-order valence-electron chi connectivity index (χ0n) is 6.57. The first-order chi connectivity index (χ1) is 4.54. The zero-order valence-corrected chi connectivity index (χ0v) is 7.47. The third kappa shape index (κ3) is 2.80. The van der Waals surface area contributed by atoms with E-state index in [2.05, 4.69) is 4.52 Å². The van der Waals surface area contributed by atoms with E-state index in [1.807, 2.05) is 6.92 Å². The Morgan fingerprint density at radius 3 is 2.50 bits per heavy atom. The summed E-state index contributed by atoms with van der Waals surface area (Å²) >= 11 is 0. The smallest absolute Gasteiger partial charge is 0.312 e. The quantitative estimate of drug-likeness (QED) is 0.636. The summed E-state index contributed by atoms with van der Waals surface area (Å²) in [6.07, 6.45) is 0.838. The Labute approximate surface area is 61.4 Å². The van der Waals surface area contributed by atoms with Crippen molar-refractivity contribution in [2.24, 2.45) is 0 Å². The molecule has 5 heteroatoms. The molecule has 0 heterocycles. The van der Waals surface area contributed by atoms with Gasteiger partial charge in [-0.3, -0.25) is 0 Å². The minimum Gasteiger partial charge on any atom is -0.312 e. The molecule has 0 aliphatic carbocycles. The maximum absolute atomic E-state index is 10.9. The molecule has 0 aromatic rings. The van der Waals surface area contributed by atoms with Crippen LogP contribution in [-0.4, -0.2) is 30.3 Å². The van der Waals surface area contributed by atoms with Crippen LogP contribution in [-0.2, 0) is 9.09 Å². The van der Waals surface area contributed by atoms with Crippen molar-refractivity contribution in [2.45, 2.75) is 13.3 Å². The lowest BCUT2D eigenvalue weighted by Gasteiger charge is -2.19. The lowest BCUT2D eigenvalue weighted by molar-refractivity contribution is 0.252. The van der Waals surface area contributed by atoms with Gasteiger partial charge in [0, 0.05) is 13.7 Å². The van der Waals surface area contributed by atoms with E-state index in [0.717, 1.165) is 6.42 Å². The highest BCUT2D eigenvalue weighted by atomic mass is 31.2. The van der Waals surface area contributed by atoms with Crippen molar-refractivity contribution in [2.75, 3.05) is 20.7 Å². The molecule has 1 unspecified atom stereocenters. The highest BCUT2D eigenvalue weighted by molar-refractivity contribution is 7.50. The van der Waals surface area contributed by atoms with Crippen LogP contribution >= 0.6 is 7.75 Å². The van der Waals surface area contributed by atoms with Gasteiger partial charge in [-0.1, -0.05) is 6.92 Å². The van der Waals surface area contributed by atoms with Crippen LogP contribution in [0.2, 0.25) is 0 Å². The summed E-state index contributed by atoms with van der Waals surface area (Å²) < 4.78 is 16.6. The minimum absolute atomic E-state index is 0.571. The van der Waals surface area contributed by atoms with Gasteiger partial charge in [-0.2, -0.15) is 0 Å². The van der Waals surface area contributed by atoms with Crippen LogP contribution in [0.25, 0.3) is 0 Å². The van der Waals surface area contributed by atoms with Crippen LogP contribution in [0, 0.1) is 0 Å². The van der Waals surface area contributed by atoms with Crippen LogP contribution < -0.4 is 0 Å². The minimum atomic E-state index is -3.45. The van der Waals surface area contributed by atoms with Crippen molar-refractivity contribution in [3.05, 3.63) is 0 Å². The van der Waals surface area contributed by atoms with Gasteiger partial charge in [-0.25, -0.2) is 9.24 Å². The number of hydrogen-bond donors (Lipinski definition) is 1. The Morgan fingerprint density at radius 2 is 2.20 bits per heavy atom.